The molecule has 0 amide bonds. The lowest BCUT2D eigenvalue weighted by molar-refractivity contribution is 0.752. The Balaban J connectivity index is 1.14. The summed E-state index contributed by atoms with van der Waals surface area (Å²) in [6.45, 7) is 0. The normalized spacial score (nSPS) is 13.0. The van der Waals surface area contributed by atoms with Gasteiger partial charge in [0, 0.05) is 22.2 Å². The molecule has 0 unspecified atom stereocenters. The minimum absolute atomic E-state index is 0.596. The third-order valence-corrected chi connectivity index (χ3v) is 13.8. The van der Waals surface area contributed by atoms with Crippen molar-refractivity contribution >= 4 is 55.7 Å². The molecule has 2 nitrogen and oxygen atoms in total. The highest BCUT2D eigenvalue weighted by atomic mass is 15.2. The standard InChI is InChI=1S/C63H42N2/c1-3-21-43(22-4-1)44-24-19-25-45(41-44)49-29-12-16-37-57(49)65(61-42-46-23-7-8-28-48(46)50-30-9-10-31-51(50)61)60-40-20-36-56-62(60)52-32-11-13-33-53(52)63(56)54-34-14-17-38-58(54)64(47-26-5-2-6-27-47)59-39-18-15-35-55(59)63/h1-42H. The summed E-state index contributed by atoms with van der Waals surface area (Å²) in [7, 11) is 0. The van der Waals surface area contributed by atoms with E-state index in [2.05, 4.69) is 265 Å². The number of hydrogen-bond donors (Lipinski definition) is 0. The lowest BCUT2D eigenvalue weighted by atomic mass is 9.64. The Kier molecular flexibility index (Phi) is 8.47. The monoisotopic (exact) mass is 826 g/mol. The van der Waals surface area contributed by atoms with Crippen LogP contribution in [0.15, 0.2) is 255 Å². The van der Waals surface area contributed by atoms with E-state index in [1.807, 2.05) is 0 Å². The predicted octanol–water partition coefficient (Wildman–Crippen LogP) is 16.9. The second kappa shape index (κ2) is 14.8. The average molecular weight is 827 g/mol. The largest absolute Gasteiger partial charge is 0.310 e. The molecule has 2 aliphatic rings. The Morgan fingerprint density at radius 2 is 0.831 bits per heavy atom. The summed E-state index contributed by atoms with van der Waals surface area (Å²) in [6.07, 6.45) is 0. The Morgan fingerprint density at radius 1 is 0.308 bits per heavy atom. The van der Waals surface area contributed by atoms with E-state index in [1.54, 1.807) is 0 Å². The molecule has 0 aromatic heterocycles. The Morgan fingerprint density at radius 3 is 1.60 bits per heavy atom. The van der Waals surface area contributed by atoms with Crippen LogP contribution in [-0.2, 0) is 5.41 Å². The fourth-order valence-electron chi connectivity index (χ4n) is 11.2. The number of rotatable bonds is 6. The van der Waals surface area contributed by atoms with Gasteiger partial charge in [-0.15, -0.1) is 0 Å². The maximum Gasteiger partial charge on any atom is 0.0755 e. The van der Waals surface area contributed by atoms with Crippen LogP contribution in [0.25, 0.3) is 54.9 Å². The lowest BCUT2D eigenvalue weighted by Crippen LogP contribution is -2.36. The van der Waals surface area contributed by atoms with Crippen LogP contribution >= 0.6 is 0 Å². The van der Waals surface area contributed by atoms with Gasteiger partial charge < -0.3 is 9.80 Å². The summed E-state index contributed by atoms with van der Waals surface area (Å²) >= 11 is 0. The zero-order valence-electron chi connectivity index (χ0n) is 35.6. The van der Waals surface area contributed by atoms with Gasteiger partial charge in [0.15, 0.2) is 0 Å². The SMILES string of the molecule is c1ccc(-c2cccc(-c3ccccc3N(c3cccc4c3-c3ccccc3C43c4ccccc4N(c4ccccc4)c4ccccc43)c3cc4ccccc4c4ccccc34)c2)cc1. The van der Waals surface area contributed by atoms with E-state index < -0.39 is 5.41 Å². The summed E-state index contributed by atoms with van der Waals surface area (Å²) in [5.74, 6) is 0. The Hall–Kier alpha value is -8.46. The fraction of sp³-hybridized carbons (Fsp3) is 0.0159. The van der Waals surface area contributed by atoms with Gasteiger partial charge >= 0.3 is 0 Å². The molecule has 0 saturated heterocycles. The maximum absolute atomic E-state index is 2.57. The maximum atomic E-state index is 2.57. The van der Waals surface area contributed by atoms with E-state index in [0.717, 1.165) is 33.9 Å². The van der Waals surface area contributed by atoms with Crippen molar-refractivity contribution in [1.82, 2.24) is 0 Å². The van der Waals surface area contributed by atoms with E-state index in [9.17, 15) is 0 Å². The second-order valence-corrected chi connectivity index (χ2v) is 17.2. The molecule has 0 N–H and O–H groups in total. The molecule has 0 fully saturated rings. The molecular formula is C63H42N2. The van der Waals surface area contributed by atoms with E-state index in [0.29, 0.717) is 0 Å². The van der Waals surface area contributed by atoms with E-state index in [4.69, 9.17) is 0 Å². The second-order valence-electron chi connectivity index (χ2n) is 17.2. The molecule has 2 heteroatoms. The highest BCUT2D eigenvalue weighted by Gasteiger charge is 2.52. The fourth-order valence-corrected chi connectivity index (χ4v) is 11.2. The van der Waals surface area contributed by atoms with Crippen molar-refractivity contribution in [3.8, 4) is 33.4 Å². The van der Waals surface area contributed by atoms with Crippen LogP contribution in [0.1, 0.15) is 22.3 Å². The Bertz CT molecular complexity index is 3580. The van der Waals surface area contributed by atoms with Gasteiger partial charge in [-0.05, 0) is 109 Å². The van der Waals surface area contributed by atoms with Crippen LogP contribution in [0.4, 0.5) is 34.1 Å². The first kappa shape index (κ1) is 37.1. The minimum Gasteiger partial charge on any atom is -0.310 e. The van der Waals surface area contributed by atoms with Crippen LogP contribution in [0.3, 0.4) is 0 Å². The number of fused-ring (bicyclic) bond motifs is 12. The summed E-state index contributed by atoms with van der Waals surface area (Å²) in [5.41, 5.74) is 18.6. The van der Waals surface area contributed by atoms with Crippen molar-refractivity contribution in [3.05, 3.63) is 277 Å². The first-order chi connectivity index (χ1) is 32.3. The molecule has 1 aliphatic heterocycles. The summed E-state index contributed by atoms with van der Waals surface area (Å²) < 4.78 is 0. The van der Waals surface area contributed by atoms with Gasteiger partial charge in [0.25, 0.3) is 0 Å². The van der Waals surface area contributed by atoms with Crippen molar-refractivity contribution < 1.29 is 0 Å². The summed E-state index contributed by atoms with van der Waals surface area (Å²) in [6, 6.07) is 94.0. The van der Waals surface area contributed by atoms with Crippen LogP contribution < -0.4 is 9.80 Å². The van der Waals surface area contributed by atoms with Crippen LogP contribution in [0, 0.1) is 0 Å². The van der Waals surface area contributed by atoms with Gasteiger partial charge in [-0.1, -0.05) is 206 Å². The molecule has 13 rings (SSSR count). The van der Waals surface area contributed by atoms with Crippen molar-refractivity contribution in [2.24, 2.45) is 0 Å². The van der Waals surface area contributed by atoms with Crippen molar-refractivity contribution in [2.45, 2.75) is 5.41 Å². The predicted molar refractivity (Wildman–Crippen MR) is 273 cm³/mol. The number of hydrogen-bond acceptors (Lipinski definition) is 2. The number of para-hydroxylation sites is 4. The van der Waals surface area contributed by atoms with E-state index in [1.165, 1.54) is 77.4 Å². The van der Waals surface area contributed by atoms with Crippen LogP contribution in [-0.4, -0.2) is 0 Å². The van der Waals surface area contributed by atoms with Crippen LogP contribution in [0.2, 0.25) is 0 Å². The average Bonchev–Trinajstić information content (AvgIpc) is 3.68. The van der Waals surface area contributed by atoms with Crippen molar-refractivity contribution in [3.63, 3.8) is 0 Å². The lowest BCUT2D eigenvalue weighted by Gasteiger charge is -2.45. The van der Waals surface area contributed by atoms with Gasteiger partial charge in [-0.3, -0.25) is 0 Å². The third kappa shape index (κ3) is 5.54. The van der Waals surface area contributed by atoms with E-state index in [-0.39, 0.29) is 0 Å². The molecule has 1 spiro atoms. The molecule has 0 atom stereocenters. The molecule has 65 heavy (non-hydrogen) atoms. The third-order valence-electron chi connectivity index (χ3n) is 13.8. The van der Waals surface area contributed by atoms with Crippen molar-refractivity contribution in [2.75, 3.05) is 9.80 Å². The van der Waals surface area contributed by atoms with Gasteiger partial charge in [0.2, 0.25) is 0 Å². The zero-order valence-corrected chi connectivity index (χ0v) is 35.6. The molecule has 0 saturated carbocycles. The number of anilines is 6. The number of benzene rings is 11. The number of nitrogens with zero attached hydrogens (tertiary/aromatic N) is 2. The smallest absolute Gasteiger partial charge is 0.0755 e. The summed E-state index contributed by atoms with van der Waals surface area (Å²) in [4.78, 5) is 5.03. The highest BCUT2D eigenvalue weighted by molar-refractivity contribution is 6.16. The Labute approximate surface area is 379 Å². The molecule has 1 heterocycles. The molecule has 304 valence electrons. The van der Waals surface area contributed by atoms with Crippen LogP contribution in [0.5, 0.6) is 0 Å². The molecule has 11 aromatic rings. The van der Waals surface area contributed by atoms with Gasteiger partial charge in [0.1, 0.15) is 0 Å². The topological polar surface area (TPSA) is 6.48 Å². The molecule has 1 aliphatic carbocycles. The molecule has 0 bridgehead atoms. The van der Waals surface area contributed by atoms with Gasteiger partial charge in [-0.2, -0.15) is 0 Å². The highest BCUT2D eigenvalue weighted by Crippen LogP contribution is 2.65. The zero-order chi connectivity index (χ0) is 42.9. The van der Waals surface area contributed by atoms with Gasteiger partial charge in [0.05, 0.1) is 33.9 Å². The van der Waals surface area contributed by atoms with Crippen molar-refractivity contribution in [1.29, 1.82) is 0 Å². The molecule has 11 aromatic carbocycles. The molecule has 0 radical (unpaired) electrons. The van der Waals surface area contributed by atoms with E-state index >= 15 is 0 Å². The first-order valence-electron chi connectivity index (χ1n) is 22.5. The quantitative estimate of drug-likeness (QED) is 0.154. The minimum atomic E-state index is -0.596. The van der Waals surface area contributed by atoms with Gasteiger partial charge in [-0.25, -0.2) is 0 Å². The molecular weight excluding hydrogens is 785 g/mol. The summed E-state index contributed by atoms with van der Waals surface area (Å²) in [5, 5.41) is 4.88. The first-order valence-corrected chi connectivity index (χ1v) is 22.5.